The van der Waals surface area contributed by atoms with Gasteiger partial charge >= 0.3 is 0 Å². The molecular weight excluding hydrogens is 360 g/mol. The van der Waals surface area contributed by atoms with E-state index >= 15 is 0 Å². The minimum atomic E-state index is -0.307. The first-order valence-electron chi connectivity index (χ1n) is 9.37. The minimum Gasteiger partial charge on any atom is -0.493 e. The van der Waals surface area contributed by atoms with Crippen molar-refractivity contribution >= 4 is 17.5 Å². The highest BCUT2D eigenvalue weighted by Gasteiger charge is 2.19. The Bertz CT molecular complexity index is 904. The van der Waals surface area contributed by atoms with Gasteiger partial charge in [-0.05, 0) is 38.3 Å². The van der Waals surface area contributed by atoms with Gasteiger partial charge in [-0.3, -0.25) is 14.2 Å². The van der Waals surface area contributed by atoms with Crippen molar-refractivity contribution in [2.45, 2.75) is 32.7 Å². The van der Waals surface area contributed by atoms with Gasteiger partial charge in [-0.25, -0.2) is 4.98 Å². The van der Waals surface area contributed by atoms with Crippen molar-refractivity contribution in [3.63, 3.8) is 0 Å². The lowest BCUT2D eigenvalue weighted by Crippen LogP contribution is -2.38. The number of benzene rings is 1. The number of piperidine rings is 1. The summed E-state index contributed by atoms with van der Waals surface area (Å²) in [6.45, 7) is 3.37. The van der Waals surface area contributed by atoms with E-state index in [9.17, 15) is 9.59 Å². The maximum atomic E-state index is 12.6. The molecule has 0 bridgehead atoms. The van der Waals surface area contributed by atoms with Gasteiger partial charge in [0, 0.05) is 36.6 Å². The molecule has 0 atom stereocenters. The topological polar surface area (TPSA) is 85.7 Å². The van der Waals surface area contributed by atoms with Crippen molar-refractivity contribution in [2.24, 2.45) is 0 Å². The Morgan fingerprint density at radius 3 is 2.50 bits per heavy atom. The van der Waals surface area contributed by atoms with Crippen molar-refractivity contribution in [2.75, 3.05) is 37.5 Å². The lowest BCUT2D eigenvalue weighted by atomic mass is 10.1. The Morgan fingerprint density at radius 2 is 1.82 bits per heavy atom. The van der Waals surface area contributed by atoms with E-state index in [-0.39, 0.29) is 18.0 Å². The second-order valence-corrected chi connectivity index (χ2v) is 6.79. The molecule has 1 aliphatic rings. The Kier molecular flexibility index (Phi) is 6.18. The first kappa shape index (κ1) is 19.7. The number of hydrogen-bond acceptors (Lipinski definition) is 6. The van der Waals surface area contributed by atoms with Crippen LogP contribution in [-0.2, 0) is 11.3 Å². The average molecular weight is 386 g/mol. The molecule has 0 spiro atoms. The molecule has 1 aromatic heterocycles. The molecule has 0 saturated carbocycles. The monoisotopic (exact) mass is 386 g/mol. The molecule has 0 unspecified atom stereocenters. The van der Waals surface area contributed by atoms with Crippen LogP contribution in [0.1, 0.15) is 25.0 Å². The van der Waals surface area contributed by atoms with Crippen molar-refractivity contribution < 1.29 is 14.3 Å². The normalized spacial score (nSPS) is 13.9. The van der Waals surface area contributed by atoms with Crippen molar-refractivity contribution in [1.82, 2.24) is 9.55 Å². The average Bonchev–Trinajstić information content (AvgIpc) is 2.70. The van der Waals surface area contributed by atoms with E-state index in [2.05, 4.69) is 15.2 Å². The number of anilines is 2. The van der Waals surface area contributed by atoms with Gasteiger partial charge in [-0.2, -0.15) is 0 Å². The van der Waals surface area contributed by atoms with Crippen molar-refractivity contribution in [3.05, 3.63) is 40.3 Å². The number of rotatable bonds is 6. The van der Waals surface area contributed by atoms with Crippen LogP contribution in [0.5, 0.6) is 11.5 Å². The first-order valence-corrected chi connectivity index (χ1v) is 9.37. The van der Waals surface area contributed by atoms with Gasteiger partial charge in [0.1, 0.15) is 6.54 Å². The summed E-state index contributed by atoms with van der Waals surface area (Å²) in [5.74, 6) is 1.35. The molecule has 1 N–H and O–H groups in total. The fourth-order valence-electron chi connectivity index (χ4n) is 3.35. The van der Waals surface area contributed by atoms with E-state index in [4.69, 9.17) is 9.47 Å². The standard InChI is InChI=1S/C20H26N4O4/c1-14-11-19(26)24(20(21-14)23-9-5-4-6-10-23)13-18(25)22-15-7-8-16(27-2)17(12-15)28-3/h7-8,11-12H,4-6,9-10,13H2,1-3H3,(H,22,25). The SMILES string of the molecule is COc1ccc(NC(=O)Cn2c(N3CCCCC3)nc(C)cc2=O)cc1OC. The fraction of sp³-hybridized carbons (Fsp3) is 0.450. The lowest BCUT2D eigenvalue weighted by molar-refractivity contribution is -0.116. The smallest absolute Gasteiger partial charge is 0.255 e. The second kappa shape index (κ2) is 8.77. The molecule has 1 saturated heterocycles. The highest BCUT2D eigenvalue weighted by Crippen LogP contribution is 2.29. The number of nitrogens with zero attached hydrogens (tertiary/aromatic N) is 3. The molecular formula is C20H26N4O4. The molecule has 1 aliphatic heterocycles. The number of hydrogen-bond donors (Lipinski definition) is 1. The molecule has 2 heterocycles. The van der Waals surface area contributed by atoms with Crippen LogP contribution in [0.2, 0.25) is 0 Å². The van der Waals surface area contributed by atoms with Crippen LogP contribution in [0, 0.1) is 6.92 Å². The summed E-state index contributed by atoms with van der Waals surface area (Å²) in [6, 6.07) is 6.57. The van der Waals surface area contributed by atoms with E-state index in [1.165, 1.54) is 24.2 Å². The number of nitrogens with one attached hydrogen (secondary N) is 1. The van der Waals surface area contributed by atoms with Gasteiger partial charge in [-0.15, -0.1) is 0 Å². The molecule has 8 heteroatoms. The molecule has 3 rings (SSSR count). The van der Waals surface area contributed by atoms with Gasteiger partial charge in [-0.1, -0.05) is 0 Å². The Hall–Kier alpha value is -3.03. The molecule has 0 aliphatic carbocycles. The second-order valence-electron chi connectivity index (χ2n) is 6.79. The number of carbonyl (C=O) groups is 1. The Labute approximate surface area is 164 Å². The third-order valence-corrected chi connectivity index (χ3v) is 4.72. The van der Waals surface area contributed by atoms with Crippen molar-refractivity contribution in [3.8, 4) is 11.5 Å². The summed E-state index contributed by atoms with van der Waals surface area (Å²) < 4.78 is 11.9. The number of carbonyl (C=O) groups excluding carboxylic acids is 1. The summed E-state index contributed by atoms with van der Waals surface area (Å²) in [4.78, 5) is 31.8. The van der Waals surface area contributed by atoms with E-state index in [1.807, 2.05) is 0 Å². The van der Waals surface area contributed by atoms with Crippen LogP contribution in [0.15, 0.2) is 29.1 Å². The van der Waals surface area contributed by atoms with Gasteiger partial charge in [0.25, 0.3) is 5.56 Å². The van der Waals surface area contributed by atoms with Crippen LogP contribution in [0.3, 0.4) is 0 Å². The van der Waals surface area contributed by atoms with Crippen LogP contribution < -0.4 is 25.2 Å². The summed E-state index contributed by atoms with van der Waals surface area (Å²) in [5, 5.41) is 2.81. The summed E-state index contributed by atoms with van der Waals surface area (Å²) >= 11 is 0. The fourth-order valence-corrected chi connectivity index (χ4v) is 3.35. The van der Waals surface area contributed by atoms with Crippen LogP contribution >= 0.6 is 0 Å². The molecule has 1 aromatic carbocycles. The van der Waals surface area contributed by atoms with Gasteiger partial charge in [0.15, 0.2) is 11.5 Å². The number of aromatic nitrogens is 2. The molecule has 0 radical (unpaired) electrons. The van der Waals surface area contributed by atoms with Gasteiger partial charge in [0.05, 0.1) is 14.2 Å². The zero-order valence-corrected chi connectivity index (χ0v) is 16.5. The zero-order valence-electron chi connectivity index (χ0n) is 16.5. The highest BCUT2D eigenvalue weighted by molar-refractivity contribution is 5.91. The number of aryl methyl sites for hydroxylation is 1. The van der Waals surface area contributed by atoms with Crippen LogP contribution in [0.4, 0.5) is 11.6 Å². The van der Waals surface area contributed by atoms with E-state index in [0.717, 1.165) is 25.9 Å². The van der Waals surface area contributed by atoms with E-state index in [1.54, 1.807) is 32.2 Å². The molecule has 1 amide bonds. The summed E-state index contributed by atoms with van der Waals surface area (Å²) in [5.41, 5.74) is 0.993. The lowest BCUT2D eigenvalue weighted by Gasteiger charge is -2.29. The summed E-state index contributed by atoms with van der Waals surface area (Å²) in [6.07, 6.45) is 3.29. The largest absolute Gasteiger partial charge is 0.493 e. The van der Waals surface area contributed by atoms with E-state index < -0.39 is 0 Å². The van der Waals surface area contributed by atoms with Crippen LogP contribution in [0.25, 0.3) is 0 Å². The van der Waals surface area contributed by atoms with E-state index in [0.29, 0.717) is 28.8 Å². The predicted octanol–water partition coefficient (Wildman–Crippen LogP) is 2.20. The zero-order chi connectivity index (χ0) is 20.1. The predicted molar refractivity (Wildman–Crippen MR) is 107 cm³/mol. The van der Waals surface area contributed by atoms with Gasteiger partial charge in [0.2, 0.25) is 11.9 Å². The molecule has 28 heavy (non-hydrogen) atoms. The third kappa shape index (κ3) is 4.44. The third-order valence-electron chi connectivity index (χ3n) is 4.72. The minimum absolute atomic E-state index is 0.105. The maximum Gasteiger partial charge on any atom is 0.255 e. The van der Waals surface area contributed by atoms with Gasteiger partial charge < -0.3 is 19.7 Å². The summed E-state index contributed by atoms with van der Waals surface area (Å²) in [7, 11) is 3.08. The Morgan fingerprint density at radius 1 is 1.11 bits per heavy atom. The molecule has 2 aromatic rings. The molecule has 1 fully saturated rings. The number of amides is 1. The van der Waals surface area contributed by atoms with Crippen molar-refractivity contribution in [1.29, 1.82) is 0 Å². The molecule has 150 valence electrons. The maximum absolute atomic E-state index is 12.6. The highest BCUT2D eigenvalue weighted by atomic mass is 16.5. The first-order chi connectivity index (χ1) is 13.5. The van der Waals surface area contributed by atoms with Crippen LogP contribution in [-0.4, -0.2) is 42.8 Å². The molecule has 8 nitrogen and oxygen atoms in total. The number of ether oxygens (including phenoxy) is 2. The Balaban J connectivity index is 1.81. The number of methoxy groups -OCH3 is 2. The quantitative estimate of drug-likeness (QED) is 0.819.